The largest absolute Gasteiger partial charge is 0.300 e. The average Bonchev–Trinajstić information content (AvgIpc) is 2.76. The first-order valence-corrected chi connectivity index (χ1v) is 6.56. The monoisotopic (exact) mass is 328 g/mol. The van der Waals surface area contributed by atoms with Gasteiger partial charge in [-0.3, -0.25) is 4.57 Å². The van der Waals surface area contributed by atoms with Crippen LogP contribution in [0.5, 0.6) is 0 Å². The Morgan fingerprint density at radius 3 is 1.71 bits per heavy atom. The summed E-state index contributed by atoms with van der Waals surface area (Å²) in [7, 11) is -3.45. The van der Waals surface area contributed by atoms with Crippen LogP contribution in [0.25, 0.3) is 11.4 Å². The number of rotatable bonds is 2. The van der Waals surface area contributed by atoms with Gasteiger partial charge in [-0.25, -0.2) is 35.5 Å². The molecule has 2 N–H and O–H groups in total. The maximum absolute atomic E-state index is 13.6. The summed E-state index contributed by atoms with van der Waals surface area (Å²) in [6, 6.07) is 0. The van der Waals surface area contributed by atoms with Gasteiger partial charge in [0.25, 0.3) is 15.2 Å². The Morgan fingerprint density at radius 1 is 0.905 bits per heavy atom. The summed E-state index contributed by atoms with van der Waals surface area (Å²) in [6.45, 7) is 0. The molecule has 0 saturated carbocycles. The summed E-state index contributed by atoms with van der Waals surface area (Å²) in [5.74, 6) is -11.9. The molecule has 0 bridgehead atoms. The first kappa shape index (κ1) is 15.3. The number of sulfonamides is 1. The standard InChI is InChI=1S/C9H5F5N4O2S/c1-18-8(16-17-9(18)21(15,19)20)2-3(10)5(12)7(14)6(13)4(2)11/h1H3,(H2,15,19,20). The van der Waals surface area contributed by atoms with Crippen LogP contribution in [0.4, 0.5) is 22.0 Å². The van der Waals surface area contributed by atoms with Crippen molar-refractivity contribution >= 4 is 10.0 Å². The summed E-state index contributed by atoms with van der Waals surface area (Å²) >= 11 is 0. The van der Waals surface area contributed by atoms with E-state index in [1.807, 2.05) is 0 Å². The molecule has 21 heavy (non-hydrogen) atoms. The van der Waals surface area contributed by atoms with E-state index >= 15 is 0 Å². The molecule has 0 atom stereocenters. The molecule has 0 aliphatic rings. The quantitative estimate of drug-likeness (QED) is 0.502. The number of hydrogen-bond acceptors (Lipinski definition) is 4. The van der Waals surface area contributed by atoms with Crippen molar-refractivity contribution in [2.75, 3.05) is 0 Å². The van der Waals surface area contributed by atoms with Crippen molar-refractivity contribution in [2.24, 2.45) is 12.2 Å². The minimum absolute atomic E-state index is 0.494. The molecule has 6 nitrogen and oxygen atoms in total. The second-order valence-electron chi connectivity index (χ2n) is 3.86. The second kappa shape index (κ2) is 4.73. The number of aromatic nitrogens is 3. The van der Waals surface area contributed by atoms with Crippen molar-refractivity contribution in [3.63, 3.8) is 0 Å². The van der Waals surface area contributed by atoms with E-state index in [-0.39, 0.29) is 0 Å². The molecular formula is C9H5F5N4O2S. The highest BCUT2D eigenvalue weighted by Gasteiger charge is 2.30. The zero-order valence-corrected chi connectivity index (χ0v) is 10.9. The van der Waals surface area contributed by atoms with Crippen LogP contribution in [0.2, 0.25) is 0 Å². The molecule has 12 heteroatoms. The van der Waals surface area contributed by atoms with Gasteiger partial charge in [0.2, 0.25) is 5.82 Å². The van der Waals surface area contributed by atoms with Crippen LogP contribution < -0.4 is 5.14 Å². The SMILES string of the molecule is Cn1c(-c2c(F)c(F)c(F)c(F)c2F)nnc1S(N)(=O)=O. The summed E-state index contributed by atoms with van der Waals surface area (Å²) in [6.07, 6.45) is 0. The van der Waals surface area contributed by atoms with E-state index in [2.05, 4.69) is 10.2 Å². The highest BCUT2D eigenvalue weighted by atomic mass is 32.2. The normalized spacial score (nSPS) is 12.0. The molecule has 0 spiro atoms. The number of primary sulfonamides is 1. The summed E-state index contributed by atoms with van der Waals surface area (Å²) < 4.78 is 89.0. The van der Waals surface area contributed by atoms with Crippen molar-refractivity contribution in [3.8, 4) is 11.4 Å². The van der Waals surface area contributed by atoms with Crippen molar-refractivity contribution in [1.29, 1.82) is 0 Å². The minimum Gasteiger partial charge on any atom is -0.300 e. The number of nitrogens with two attached hydrogens (primary N) is 1. The van der Waals surface area contributed by atoms with E-state index < -0.39 is 55.7 Å². The number of nitrogens with zero attached hydrogens (tertiary/aromatic N) is 3. The predicted molar refractivity (Wildman–Crippen MR) is 57.6 cm³/mol. The van der Waals surface area contributed by atoms with E-state index in [1.54, 1.807) is 0 Å². The maximum Gasteiger partial charge on any atom is 0.273 e. The molecule has 0 amide bonds. The highest BCUT2D eigenvalue weighted by Crippen LogP contribution is 2.30. The molecule has 0 saturated heterocycles. The van der Waals surface area contributed by atoms with Crippen LogP contribution in [0.15, 0.2) is 5.16 Å². The lowest BCUT2D eigenvalue weighted by molar-refractivity contribution is 0.380. The Kier molecular flexibility index (Phi) is 3.45. The summed E-state index contributed by atoms with van der Waals surface area (Å²) in [5.41, 5.74) is -1.41. The van der Waals surface area contributed by atoms with Gasteiger partial charge in [-0.05, 0) is 0 Å². The van der Waals surface area contributed by atoms with Crippen molar-refractivity contribution in [3.05, 3.63) is 29.1 Å². The Morgan fingerprint density at radius 2 is 1.33 bits per heavy atom. The first-order valence-electron chi connectivity index (χ1n) is 5.01. The van der Waals surface area contributed by atoms with Gasteiger partial charge in [0, 0.05) is 7.05 Å². The fourth-order valence-electron chi connectivity index (χ4n) is 1.58. The van der Waals surface area contributed by atoms with Gasteiger partial charge >= 0.3 is 0 Å². The molecule has 0 unspecified atom stereocenters. The lowest BCUT2D eigenvalue weighted by Gasteiger charge is -2.07. The molecule has 1 aromatic carbocycles. The van der Waals surface area contributed by atoms with Crippen molar-refractivity contribution in [2.45, 2.75) is 5.16 Å². The molecule has 2 rings (SSSR count). The van der Waals surface area contributed by atoms with Gasteiger partial charge in [0.1, 0.15) is 0 Å². The van der Waals surface area contributed by atoms with Crippen LogP contribution in [0.1, 0.15) is 0 Å². The highest BCUT2D eigenvalue weighted by molar-refractivity contribution is 7.89. The number of hydrogen-bond donors (Lipinski definition) is 1. The average molecular weight is 328 g/mol. The van der Waals surface area contributed by atoms with Crippen molar-refractivity contribution in [1.82, 2.24) is 14.8 Å². The molecule has 0 radical (unpaired) electrons. The Balaban J connectivity index is 2.84. The maximum atomic E-state index is 13.6. The lowest BCUT2D eigenvalue weighted by atomic mass is 10.1. The molecular weight excluding hydrogens is 323 g/mol. The van der Waals surface area contributed by atoms with Crippen molar-refractivity contribution < 1.29 is 30.4 Å². The van der Waals surface area contributed by atoms with Crippen LogP contribution in [-0.4, -0.2) is 23.2 Å². The topological polar surface area (TPSA) is 90.9 Å². The fraction of sp³-hybridized carbons (Fsp3) is 0.111. The predicted octanol–water partition coefficient (Wildman–Crippen LogP) is 0.825. The van der Waals surface area contributed by atoms with E-state index in [0.717, 1.165) is 7.05 Å². The molecule has 114 valence electrons. The van der Waals surface area contributed by atoms with Gasteiger partial charge in [-0.15, -0.1) is 10.2 Å². The van der Waals surface area contributed by atoms with Crippen LogP contribution in [-0.2, 0) is 17.1 Å². The molecule has 0 aliphatic heterocycles. The van der Waals surface area contributed by atoms with E-state index in [9.17, 15) is 30.4 Å². The van der Waals surface area contributed by atoms with Gasteiger partial charge in [-0.1, -0.05) is 0 Å². The number of benzene rings is 1. The summed E-state index contributed by atoms with van der Waals surface area (Å²) in [5, 5.41) is 10.0. The van der Waals surface area contributed by atoms with Gasteiger partial charge in [0.15, 0.2) is 29.1 Å². The Labute approximate surface area is 114 Å². The summed E-state index contributed by atoms with van der Waals surface area (Å²) in [4.78, 5) is 0. The minimum atomic E-state index is -4.39. The fourth-order valence-corrected chi connectivity index (χ4v) is 2.20. The van der Waals surface area contributed by atoms with Gasteiger partial charge < -0.3 is 0 Å². The zero-order chi connectivity index (χ0) is 16.1. The zero-order valence-electron chi connectivity index (χ0n) is 10.0. The van der Waals surface area contributed by atoms with Gasteiger partial charge in [-0.2, -0.15) is 0 Å². The van der Waals surface area contributed by atoms with Crippen LogP contribution in [0, 0.1) is 29.1 Å². The van der Waals surface area contributed by atoms with Crippen LogP contribution >= 0.6 is 0 Å². The molecule has 2 aromatic rings. The second-order valence-corrected chi connectivity index (χ2v) is 5.31. The van der Waals surface area contributed by atoms with Gasteiger partial charge in [0.05, 0.1) is 5.56 Å². The molecule has 1 heterocycles. The molecule has 0 aliphatic carbocycles. The Hall–Kier alpha value is -2.08. The number of halogens is 5. The third kappa shape index (κ3) is 2.25. The lowest BCUT2D eigenvalue weighted by Crippen LogP contribution is -2.17. The Bertz CT molecular complexity index is 819. The van der Waals surface area contributed by atoms with Crippen LogP contribution in [0.3, 0.4) is 0 Å². The first-order chi connectivity index (χ1) is 9.57. The third-order valence-electron chi connectivity index (χ3n) is 2.52. The van der Waals surface area contributed by atoms with E-state index in [1.165, 1.54) is 0 Å². The smallest absolute Gasteiger partial charge is 0.273 e. The molecule has 0 fully saturated rings. The van der Waals surface area contributed by atoms with E-state index in [0.29, 0.717) is 4.57 Å². The third-order valence-corrected chi connectivity index (χ3v) is 3.39. The molecule has 1 aromatic heterocycles. The van der Waals surface area contributed by atoms with E-state index in [4.69, 9.17) is 5.14 Å².